The Morgan fingerprint density at radius 1 is 1.35 bits per heavy atom. The molecule has 1 aromatic rings. The predicted octanol–water partition coefficient (Wildman–Crippen LogP) is 1.71. The molecule has 1 aliphatic heterocycles. The van der Waals surface area contributed by atoms with Crippen molar-refractivity contribution < 1.29 is 0 Å². The van der Waals surface area contributed by atoms with Gasteiger partial charge in [-0.2, -0.15) is 0 Å². The van der Waals surface area contributed by atoms with Crippen molar-refractivity contribution in [2.45, 2.75) is 45.3 Å². The van der Waals surface area contributed by atoms with Crippen LogP contribution in [0.1, 0.15) is 26.3 Å². The molecule has 0 unspecified atom stereocenters. The predicted molar refractivity (Wildman–Crippen MR) is 80.7 cm³/mol. The zero-order valence-electron chi connectivity index (χ0n) is 12.0. The third-order valence-electron chi connectivity index (χ3n) is 4.45. The molecule has 0 spiro atoms. The topological polar surface area (TPSA) is 16.1 Å². The van der Waals surface area contributed by atoms with Crippen molar-refractivity contribution in [3.8, 4) is 0 Å². The van der Waals surface area contributed by atoms with Gasteiger partial charge < -0.3 is 4.57 Å². The van der Waals surface area contributed by atoms with E-state index in [4.69, 9.17) is 0 Å². The van der Waals surface area contributed by atoms with Gasteiger partial charge in [-0.1, -0.05) is 45.4 Å². The Hall–Kier alpha value is -0.768. The van der Waals surface area contributed by atoms with Crippen molar-refractivity contribution >= 4 is 27.4 Å². The fourth-order valence-corrected chi connectivity index (χ4v) is 4.55. The third kappa shape index (κ3) is 2.03. The highest BCUT2D eigenvalue weighted by Crippen LogP contribution is 2.42. The number of anilines is 1. The minimum Gasteiger partial charge on any atom is -0.382 e. The number of fused-ring (bicyclic) bond motifs is 1. The van der Waals surface area contributed by atoms with Crippen molar-refractivity contribution in [1.29, 1.82) is 0 Å². The molecule has 1 aliphatic rings. The van der Waals surface area contributed by atoms with Gasteiger partial charge in [-0.05, 0) is 17.0 Å². The van der Waals surface area contributed by atoms with Crippen LogP contribution in [0.25, 0.3) is 0 Å². The van der Waals surface area contributed by atoms with Gasteiger partial charge in [0.1, 0.15) is 13.7 Å². The number of nitrogens with zero attached hydrogens (tertiary/aromatic N) is 2. The summed E-state index contributed by atoms with van der Waals surface area (Å²) in [5.74, 6) is 1.25. The maximum Gasteiger partial charge on any atom is 0.157 e. The van der Waals surface area contributed by atoms with E-state index in [0.29, 0.717) is 5.04 Å². The minimum absolute atomic E-state index is 0.376. The molecule has 2 nitrogen and oxygen atoms in total. The minimum atomic E-state index is -1.47. The van der Waals surface area contributed by atoms with Gasteiger partial charge in [-0.3, -0.25) is 0 Å². The van der Waals surface area contributed by atoms with Crippen LogP contribution in [0.2, 0.25) is 18.1 Å². The van der Waals surface area contributed by atoms with Crippen LogP contribution in [-0.4, -0.2) is 27.6 Å². The SMILES string of the molecule is Bc1cnc2c(c1)CCN2[Si](C)(C)C(C)(C)C. The van der Waals surface area contributed by atoms with Crippen LogP contribution in [-0.2, 0) is 6.42 Å². The molecule has 2 rings (SSSR count). The summed E-state index contributed by atoms with van der Waals surface area (Å²) < 4.78 is 2.61. The van der Waals surface area contributed by atoms with Crippen LogP contribution in [0.4, 0.5) is 5.82 Å². The van der Waals surface area contributed by atoms with E-state index in [0.717, 1.165) is 13.0 Å². The molecule has 0 fully saturated rings. The van der Waals surface area contributed by atoms with Crippen molar-refractivity contribution in [2.75, 3.05) is 11.1 Å². The molecule has 17 heavy (non-hydrogen) atoms. The molecule has 0 bridgehead atoms. The quantitative estimate of drug-likeness (QED) is 0.701. The molecule has 0 saturated carbocycles. The molecule has 0 radical (unpaired) electrons. The highest BCUT2D eigenvalue weighted by Gasteiger charge is 2.44. The van der Waals surface area contributed by atoms with Gasteiger partial charge >= 0.3 is 0 Å². The van der Waals surface area contributed by atoms with Gasteiger partial charge in [0.15, 0.2) is 8.24 Å². The first kappa shape index (κ1) is 12.7. The van der Waals surface area contributed by atoms with E-state index >= 15 is 0 Å². The first-order valence-electron chi connectivity index (χ1n) is 6.46. The number of pyridine rings is 1. The average molecular weight is 246 g/mol. The molecule has 0 saturated heterocycles. The Morgan fingerprint density at radius 3 is 2.59 bits per heavy atom. The summed E-state index contributed by atoms with van der Waals surface area (Å²) in [6.45, 7) is 13.2. The number of hydrogen-bond donors (Lipinski definition) is 0. The zero-order chi connectivity index (χ0) is 12.8. The fraction of sp³-hybridized carbons (Fsp3) is 0.615. The molecular weight excluding hydrogens is 223 g/mol. The second kappa shape index (κ2) is 3.87. The summed E-state index contributed by atoms with van der Waals surface area (Å²) in [6, 6.07) is 2.30. The smallest absolute Gasteiger partial charge is 0.157 e. The summed E-state index contributed by atoms with van der Waals surface area (Å²) in [5.41, 5.74) is 2.72. The summed E-state index contributed by atoms with van der Waals surface area (Å²) in [7, 11) is 0.658. The lowest BCUT2D eigenvalue weighted by atomic mass is 9.97. The molecule has 1 aromatic heterocycles. The van der Waals surface area contributed by atoms with Crippen LogP contribution in [0.5, 0.6) is 0 Å². The monoisotopic (exact) mass is 246 g/mol. The molecule has 0 aliphatic carbocycles. The molecule has 0 amide bonds. The number of aromatic nitrogens is 1. The summed E-state index contributed by atoms with van der Waals surface area (Å²) in [4.78, 5) is 4.68. The molecule has 92 valence electrons. The Bertz CT molecular complexity index is 438. The Morgan fingerprint density at radius 2 is 2.00 bits per heavy atom. The van der Waals surface area contributed by atoms with Crippen molar-refractivity contribution in [3.05, 3.63) is 17.8 Å². The van der Waals surface area contributed by atoms with Crippen LogP contribution < -0.4 is 10.0 Å². The molecule has 0 N–H and O–H groups in total. The maximum absolute atomic E-state index is 4.68. The Kier molecular flexibility index (Phi) is 2.89. The van der Waals surface area contributed by atoms with E-state index in [1.165, 1.54) is 16.8 Å². The van der Waals surface area contributed by atoms with Crippen LogP contribution in [0.3, 0.4) is 0 Å². The van der Waals surface area contributed by atoms with Crippen LogP contribution in [0, 0.1) is 0 Å². The largest absolute Gasteiger partial charge is 0.382 e. The van der Waals surface area contributed by atoms with Crippen molar-refractivity contribution in [1.82, 2.24) is 4.98 Å². The van der Waals surface area contributed by atoms with Crippen molar-refractivity contribution in [2.24, 2.45) is 0 Å². The fourth-order valence-electron chi connectivity index (χ4n) is 2.34. The lowest BCUT2D eigenvalue weighted by molar-refractivity contribution is 0.706. The number of hydrogen-bond acceptors (Lipinski definition) is 2. The van der Waals surface area contributed by atoms with E-state index < -0.39 is 8.24 Å². The second-order valence-corrected chi connectivity index (χ2v) is 11.9. The van der Waals surface area contributed by atoms with Gasteiger partial charge in [-0.15, -0.1) is 0 Å². The average Bonchev–Trinajstić information content (AvgIpc) is 2.58. The summed E-state index contributed by atoms with van der Waals surface area (Å²) in [6.07, 6.45) is 3.17. The molecular formula is C13H23BN2Si. The standard InChI is InChI=1S/C13H23BN2Si/c1-13(2,3)17(4,5)16-7-6-10-8-11(14)9-15-12(10)16/h8-9H,6-7,14H2,1-5H3. The lowest BCUT2D eigenvalue weighted by Gasteiger charge is -2.44. The third-order valence-corrected chi connectivity index (χ3v) is 9.91. The summed E-state index contributed by atoms with van der Waals surface area (Å²) in [5, 5.41) is 0.376. The van der Waals surface area contributed by atoms with Gasteiger partial charge in [0.25, 0.3) is 0 Å². The highest BCUT2D eigenvalue weighted by molar-refractivity contribution is 6.83. The van der Waals surface area contributed by atoms with Crippen LogP contribution in [0.15, 0.2) is 12.3 Å². The lowest BCUT2D eigenvalue weighted by Crippen LogP contribution is -2.54. The Labute approximate surface area is 107 Å². The second-order valence-electron chi connectivity index (χ2n) is 6.71. The van der Waals surface area contributed by atoms with E-state index in [1.807, 2.05) is 6.20 Å². The highest BCUT2D eigenvalue weighted by atomic mass is 28.3. The maximum atomic E-state index is 4.68. The molecule has 0 aromatic carbocycles. The first-order chi connectivity index (χ1) is 7.73. The van der Waals surface area contributed by atoms with Gasteiger partial charge in [-0.25, -0.2) is 4.98 Å². The Balaban J connectivity index is 2.41. The van der Waals surface area contributed by atoms with E-state index in [2.05, 4.69) is 57.3 Å². The molecule has 4 heteroatoms. The van der Waals surface area contributed by atoms with E-state index in [9.17, 15) is 0 Å². The van der Waals surface area contributed by atoms with Gasteiger partial charge in [0.2, 0.25) is 0 Å². The van der Waals surface area contributed by atoms with Gasteiger partial charge in [0, 0.05) is 12.7 Å². The van der Waals surface area contributed by atoms with E-state index in [-0.39, 0.29) is 0 Å². The zero-order valence-corrected chi connectivity index (χ0v) is 13.0. The van der Waals surface area contributed by atoms with E-state index in [1.54, 1.807) is 0 Å². The number of rotatable bonds is 1. The van der Waals surface area contributed by atoms with Crippen molar-refractivity contribution in [3.63, 3.8) is 0 Å². The summed E-state index contributed by atoms with van der Waals surface area (Å²) >= 11 is 0. The van der Waals surface area contributed by atoms with Crippen LogP contribution >= 0.6 is 0 Å². The molecule has 2 heterocycles. The first-order valence-corrected chi connectivity index (χ1v) is 9.41. The normalized spacial score (nSPS) is 16.2. The molecule has 0 atom stereocenters. The van der Waals surface area contributed by atoms with Gasteiger partial charge in [0.05, 0.1) is 0 Å².